The van der Waals surface area contributed by atoms with Crippen molar-refractivity contribution in [2.45, 2.75) is 51.9 Å². The average Bonchev–Trinajstić information content (AvgIpc) is 2.88. The summed E-state index contributed by atoms with van der Waals surface area (Å²) in [4.78, 5) is 15.6. The van der Waals surface area contributed by atoms with Crippen LogP contribution in [0, 0.1) is 11.7 Å². The second-order valence-electron chi connectivity index (χ2n) is 9.78. The van der Waals surface area contributed by atoms with E-state index in [0.29, 0.717) is 31.0 Å². The Kier molecular flexibility index (Phi) is 8.98. The minimum Gasteiger partial charge on any atom is -0.354 e. The third kappa shape index (κ3) is 8.01. The van der Waals surface area contributed by atoms with Crippen LogP contribution in [0.15, 0.2) is 48.5 Å². The minimum absolute atomic E-state index is 0.105. The van der Waals surface area contributed by atoms with Crippen molar-refractivity contribution < 1.29 is 17.6 Å². The highest BCUT2D eigenvalue weighted by molar-refractivity contribution is 5.57. The molecule has 1 aromatic heterocycles. The first kappa shape index (κ1) is 27.6. The molecule has 0 aliphatic carbocycles. The SMILES string of the molecule is CC(C)N1CCC(CCNc2nc(NCc3ccc(F)cc3)nc(Nc3cccc(C(F)(F)F)c3)n2)CC1. The third-order valence-electron chi connectivity index (χ3n) is 6.66. The number of hydrogen-bond acceptors (Lipinski definition) is 7. The zero-order valence-corrected chi connectivity index (χ0v) is 21.5. The van der Waals surface area contributed by atoms with Crippen molar-refractivity contribution in [3.8, 4) is 0 Å². The highest BCUT2D eigenvalue weighted by Gasteiger charge is 2.30. The number of benzene rings is 2. The van der Waals surface area contributed by atoms with Crippen molar-refractivity contribution in [1.29, 1.82) is 0 Å². The van der Waals surface area contributed by atoms with Crippen molar-refractivity contribution in [1.82, 2.24) is 19.9 Å². The number of alkyl halides is 3. The summed E-state index contributed by atoms with van der Waals surface area (Å²) in [5.41, 5.74) is 0.257. The van der Waals surface area contributed by atoms with Crippen LogP contribution in [-0.4, -0.2) is 45.5 Å². The number of nitrogens with zero attached hydrogens (tertiary/aromatic N) is 4. The lowest BCUT2D eigenvalue weighted by atomic mass is 9.93. The molecule has 0 atom stereocenters. The van der Waals surface area contributed by atoms with Gasteiger partial charge in [-0.05, 0) is 88.0 Å². The predicted octanol–water partition coefficient (Wildman–Crippen LogP) is 6.31. The van der Waals surface area contributed by atoms with Crippen LogP contribution < -0.4 is 16.0 Å². The van der Waals surface area contributed by atoms with E-state index in [1.165, 1.54) is 24.3 Å². The van der Waals surface area contributed by atoms with Gasteiger partial charge >= 0.3 is 6.18 Å². The Balaban J connectivity index is 1.44. The van der Waals surface area contributed by atoms with E-state index in [1.54, 1.807) is 12.1 Å². The summed E-state index contributed by atoms with van der Waals surface area (Å²) in [6.45, 7) is 7.62. The highest BCUT2D eigenvalue weighted by Crippen LogP contribution is 2.31. The smallest absolute Gasteiger partial charge is 0.354 e. The molecule has 1 aliphatic rings. The topological polar surface area (TPSA) is 78.0 Å². The zero-order chi connectivity index (χ0) is 27.1. The maximum absolute atomic E-state index is 13.2. The van der Waals surface area contributed by atoms with Gasteiger partial charge in [0, 0.05) is 24.8 Å². The number of hydrogen-bond donors (Lipinski definition) is 3. The molecule has 0 unspecified atom stereocenters. The van der Waals surface area contributed by atoms with Gasteiger partial charge in [-0.15, -0.1) is 0 Å². The first-order valence-electron chi connectivity index (χ1n) is 12.8. The first-order chi connectivity index (χ1) is 18.2. The predicted molar refractivity (Wildman–Crippen MR) is 141 cm³/mol. The number of halogens is 4. The van der Waals surface area contributed by atoms with Crippen LogP contribution in [0.4, 0.5) is 41.1 Å². The van der Waals surface area contributed by atoms with Gasteiger partial charge in [0.1, 0.15) is 5.82 Å². The number of piperidine rings is 1. The monoisotopic (exact) mass is 531 g/mol. The normalized spacial score (nSPS) is 15.0. The summed E-state index contributed by atoms with van der Waals surface area (Å²) in [7, 11) is 0. The molecular weight excluding hydrogens is 498 g/mol. The zero-order valence-electron chi connectivity index (χ0n) is 21.5. The van der Waals surface area contributed by atoms with Gasteiger partial charge in [-0.2, -0.15) is 28.1 Å². The van der Waals surface area contributed by atoms with E-state index in [4.69, 9.17) is 0 Å². The molecular formula is C27H33F4N7. The summed E-state index contributed by atoms with van der Waals surface area (Å²) >= 11 is 0. The molecule has 7 nitrogen and oxygen atoms in total. The standard InChI is InChI=1S/C27H33F4N7/c1-18(2)38-14-11-19(12-15-38)10-13-32-24-35-25(33-17-20-6-8-22(28)9-7-20)37-26(36-24)34-23-5-3-4-21(16-23)27(29,30)31/h3-9,16,18-19H,10-15,17H2,1-2H3,(H3,32,33,34,35,36,37). The van der Waals surface area contributed by atoms with Crippen molar-refractivity contribution in [3.63, 3.8) is 0 Å². The van der Waals surface area contributed by atoms with Crippen LogP contribution in [0.25, 0.3) is 0 Å². The first-order valence-corrected chi connectivity index (χ1v) is 12.8. The summed E-state index contributed by atoms with van der Waals surface area (Å²) in [5.74, 6) is 0.942. The van der Waals surface area contributed by atoms with Gasteiger partial charge in [0.05, 0.1) is 5.56 Å². The molecule has 2 aromatic carbocycles. The lowest BCUT2D eigenvalue weighted by Crippen LogP contribution is -2.38. The Morgan fingerprint density at radius 3 is 2.24 bits per heavy atom. The van der Waals surface area contributed by atoms with Gasteiger partial charge in [0.2, 0.25) is 17.8 Å². The van der Waals surface area contributed by atoms with E-state index >= 15 is 0 Å². The molecule has 1 saturated heterocycles. The van der Waals surface area contributed by atoms with Crippen molar-refractivity contribution in [2.24, 2.45) is 5.92 Å². The average molecular weight is 532 g/mol. The summed E-state index contributed by atoms with van der Waals surface area (Å²) < 4.78 is 52.7. The fourth-order valence-electron chi connectivity index (χ4n) is 4.42. The van der Waals surface area contributed by atoms with Crippen molar-refractivity contribution >= 4 is 23.5 Å². The second-order valence-corrected chi connectivity index (χ2v) is 9.78. The molecule has 11 heteroatoms. The molecule has 0 saturated carbocycles. The Labute approximate surface area is 220 Å². The largest absolute Gasteiger partial charge is 0.416 e. The van der Waals surface area contributed by atoms with E-state index in [9.17, 15) is 17.6 Å². The van der Waals surface area contributed by atoms with Crippen LogP contribution in [-0.2, 0) is 12.7 Å². The van der Waals surface area contributed by atoms with Crippen LogP contribution in [0.1, 0.15) is 44.2 Å². The summed E-state index contributed by atoms with van der Waals surface area (Å²) in [6, 6.07) is 11.4. The van der Waals surface area contributed by atoms with Gasteiger partial charge in [-0.25, -0.2) is 4.39 Å². The molecule has 0 radical (unpaired) electrons. The molecule has 0 bridgehead atoms. The number of rotatable bonds is 10. The van der Waals surface area contributed by atoms with Crippen molar-refractivity contribution in [2.75, 3.05) is 35.6 Å². The molecule has 3 N–H and O–H groups in total. The molecule has 0 amide bonds. The van der Waals surface area contributed by atoms with E-state index in [0.717, 1.165) is 50.0 Å². The number of likely N-dealkylation sites (tertiary alicyclic amines) is 1. The van der Waals surface area contributed by atoms with Crippen LogP contribution >= 0.6 is 0 Å². The lowest BCUT2D eigenvalue weighted by Gasteiger charge is -2.34. The minimum atomic E-state index is -4.46. The molecule has 0 spiro atoms. The van der Waals surface area contributed by atoms with Crippen LogP contribution in [0.2, 0.25) is 0 Å². The fraction of sp³-hybridized carbons (Fsp3) is 0.444. The molecule has 2 heterocycles. The van der Waals surface area contributed by atoms with Gasteiger partial charge in [0.25, 0.3) is 0 Å². The third-order valence-corrected chi connectivity index (χ3v) is 6.66. The summed E-state index contributed by atoms with van der Waals surface area (Å²) in [6.07, 6.45) is -1.21. The summed E-state index contributed by atoms with van der Waals surface area (Å²) in [5, 5.41) is 9.20. The Hall–Kier alpha value is -3.47. The molecule has 38 heavy (non-hydrogen) atoms. The fourth-order valence-corrected chi connectivity index (χ4v) is 4.42. The number of anilines is 4. The van der Waals surface area contributed by atoms with E-state index in [-0.39, 0.29) is 23.4 Å². The molecule has 1 aliphatic heterocycles. The molecule has 4 rings (SSSR count). The maximum Gasteiger partial charge on any atom is 0.416 e. The van der Waals surface area contributed by atoms with Gasteiger partial charge in [0.15, 0.2) is 0 Å². The Morgan fingerprint density at radius 1 is 0.921 bits per heavy atom. The van der Waals surface area contributed by atoms with Crippen LogP contribution in [0.3, 0.4) is 0 Å². The quantitative estimate of drug-likeness (QED) is 0.265. The number of nitrogens with one attached hydrogen (secondary N) is 3. The Bertz CT molecular complexity index is 1180. The van der Waals surface area contributed by atoms with E-state index < -0.39 is 11.7 Å². The van der Waals surface area contributed by atoms with Gasteiger partial charge in [-0.3, -0.25) is 0 Å². The second kappa shape index (κ2) is 12.4. The molecule has 1 fully saturated rings. The van der Waals surface area contributed by atoms with Crippen LogP contribution in [0.5, 0.6) is 0 Å². The van der Waals surface area contributed by atoms with Gasteiger partial charge < -0.3 is 20.9 Å². The van der Waals surface area contributed by atoms with Crippen molar-refractivity contribution in [3.05, 3.63) is 65.5 Å². The molecule has 3 aromatic rings. The Morgan fingerprint density at radius 2 is 1.58 bits per heavy atom. The van der Waals surface area contributed by atoms with Gasteiger partial charge in [-0.1, -0.05) is 18.2 Å². The number of aromatic nitrogens is 3. The molecule has 204 valence electrons. The van der Waals surface area contributed by atoms with E-state index in [1.807, 2.05) is 0 Å². The maximum atomic E-state index is 13.2. The van der Waals surface area contributed by atoms with E-state index in [2.05, 4.69) is 49.6 Å². The highest BCUT2D eigenvalue weighted by atomic mass is 19.4. The lowest BCUT2D eigenvalue weighted by molar-refractivity contribution is -0.137.